The number of thiophene rings is 1. The molecular formula is C22H17N3O4S2. The fourth-order valence-electron chi connectivity index (χ4n) is 3.44. The van der Waals surface area contributed by atoms with Crippen molar-refractivity contribution in [3.05, 3.63) is 82.6 Å². The van der Waals surface area contributed by atoms with Crippen LogP contribution in [0.15, 0.2) is 77.0 Å². The van der Waals surface area contributed by atoms with Gasteiger partial charge in [-0.25, -0.2) is 13.3 Å². The summed E-state index contributed by atoms with van der Waals surface area (Å²) in [5.74, 6) is -1.09. The molecule has 1 atom stereocenters. The molecule has 1 aliphatic rings. The number of nitrogens with zero attached hydrogens (tertiary/aromatic N) is 3. The summed E-state index contributed by atoms with van der Waals surface area (Å²) in [6.45, 7) is -0.0141. The fourth-order valence-corrected chi connectivity index (χ4v) is 5.81. The van der Waals surface area contributed by atoms with Gasteiger partial charge in [0.05, 0.1) is 28.6 Å². The molecule has 3 aromatic rings. The minimum atomic E-state index is -4.04. The molecule has 9 heteroatoms. The summed E-state index contributed by atoms with van der Waals surface area (Å²) in [6.07, 6.45) is -0.254. The van der Waals surface area contributed by atoms with Crippen molar-refractivity contribution in [2.45, 2.75) is 23.9 Å². The maximum Gasteiger partial charge on any atom is 0.252 e. The molecule has 1 aliphatic heterocycles. The molecule has 1 unspecified atom stereocenters. The number of hydrogen-bond acceptors (Lipinski definition) is 6. The van der Waals surface area contributed by atoms with Gasteiger partial charge in [-0.1, -0.05) is 24.3 Å². The van der Waals surface area contributed by atoms with E-state index in [1.165, 1.54) is 47.7 Å². The topological polar surface area (TPSA) is 98.5 Å². The molecule has 0 radical (unpaired) electrons. The number of amides is 2. The van der Waals surface area contributed by atoms with Crippen LogP contribution in [-0.4, -0.2) is 30.6 Å². The first-order valence-corrected chi connectivity index (χ1v) is 11.7. The third kappa shape index (κ3) is 4.01. The van der Waals surface area contributed by atoms with E-state index in [-0.39, 0.29) is 17.9 Å². The molecule has 0 bridgehead atoms. The van der Waals surface area contributed by atoms with Gasteiger partial charge in [-0.15, -0.1) is 11.3 Å². The minimum Gasteiger partial charge on any atom is -0.274 e. The molecule has 4 rings (SSSR count). The monoisotopic (exact) mass is 451 g/mol. The van der Waals surface area contributed by atoms with Crippen molar-refractivity contribution in [3.63, 3.8) is 0 Å². The predicted molar refractivity (Wildman–Crippen MR) is 116 cm³/mol. The van der Waals surface area contributed by atoms with Gasteiger partial charge in [0, 0.05) is 11.4 Å². The first-order chi connectivity index (χ1) is 14.9. The van der Waals surface area contributed by atoms with Gasteiger partial charge in [-0.05, 0) is 47.8 Å². The first kappa shape index (κ1) is 20.9. The second-order valence-corrected chi connectivity index (χ2v) is 9.81. The van der Waals surface area contributed by atoms with Crippen molar-refractivity contribution in [1.29, 1.82) is 5.26 Å². The largest absolute Gasteiger partial charge is 0.274 e. The Morgan fingerprint density at radius 1 is 1.03 bits per heavy atom. The van der Waals surface area contributed by atoms with Crippen LogP contribution in [0.3, 0.4) is 0 Å². The molecule has 1 fully saturated rings. The van der Waals surface area contributed by atoms with Crippen molar-refractivity contribution < 1.29 is 18.0 Å². The molecular weight excluding hydrogens is 434 g/mol. The third-order valence-electron chi connectivity index (χ3n) is 4.97. The maximum atomic E-state index is 13.4. The first-order valence-electron chi connectivity index (χ1n) is 9.38. The standard InChI is InChI=1S/C22H17N3O4S2/c23-14-16-8-10-17(11-9-16)25-21(26)13-20(22(25)27)24(15-18-5-4-12-30-18)31(28,29)19-6-2-1-3-7-19/h1-12,20H,13,15H2. The van der Waals surface area contributed by atoms with Crippen LogP contribution >= 0.6 is 11.3 Å². The molecule has 0 spiro atoms. The lowest BCUT2D eigenvalue weighted by Crippen LogP contribution is -2.44. The summed E-state index contributed by atoms with van der Waals surface area (Å²) in [5.41, 5.74) is 0.704. The Bertz CT molecular complexity index is 1250. The van der Waals surface area contributed by atoms with Crippen molar-refractivity contribution >= 4 is 38.9 Å². The number of benzene rings is 2. The summed E-state index contributed by atoms with van der Waals surface area (Å²) in [7, 11) is -4.04. The number of sulfonamides is 1. The third-order valence-corrected chi connectivity index (χ3v) is 7.70. The van der Waals surface area contributed by atoms with Crippen LogP contribution in [-0.2, 0) is 26.2 Å². The second-order valence-electron chi connectivity index (χ2n) is 6.89. The zero-order chi connectivity index (χ0) is 22.0. The molecule has 31 heavy (non-hydrogen) atoms. The number of carbonyl (C=O) groups excluding carboxylic acids is 2. The van der Waals surface area contributed by atoms with E-state index in [0.29, 0.717) is 11.3 Å². The average Bonchev–Trinajstić information content (AvgIpc) is 3.40. The summed E-state index contributed by atoms with van der Waals surface area (Å²) in [5, 5.41) is 10.8. The Morgan fingerprint density at radius 3 is 2.35 bits per heavy atom. The minimum absolute atomic E-state index is 0.0141. The highest BCUT2D eigenvalue weighted by Gasteiger charge is 2.47. The van der Waals surface area contributed by atoms with Crippen molar-refractivity contribution in [1.82, 2.24) is 4.31 Å². The van der Waals surface area contributed by atoms with Crippen molar-refractivity contribution in [2.24, 2.45) is 0 Å². The van der Waals surface area contributed by atoms with Gasteiger partial charge in [0.25, 0.3) is 5.91 Å². The highest BCUT2D eigenvalue weighted by molar-refractivity contribution is 7.89. The lowest BCUT2D eigenvalue weighted by atomic mass is 10.2. The Hall–Kier alpha value is -3.32. The van der Waals surface area contributed by atoms with Crippen molar-refractivity contribution in [3.8, 4) is 6.07 Å². The van der Waals surface area contributed by atoms with E-state index >= 15 is 0 Å². The van der Waals surface area contributed by atoms with Crippen molar-refractivity contribution in [2.75, 3.05) is 4.90 Å². The van der Waals surface area contributed by atoms with E-state index in [1.807, 2.05) is 11.4 Å². The molecule has 2 heterocycles. The van der Waals surface area contributed by atoms with Crippen LogP contribution in [0.1, 0.15) is 16.9 Å². The van der Waals surface area contributed by atoms with E-state index in [9.17, 15) is 18.0 Å². The van der Waals surface area contributed by atoms with Gasteiger partial charge in [0.15, 0.2) is 0 Å². The van der Waals surface area contributed by atoms with Crippen LogP contribution in [0.4, 0.5) is 5.69 Å². The number of imide groups is 1. The Labute approximate surface area is 183 Å². The highest BCUT2D eigenvalue weighted by atomic mass is 32.2. The van der Waals surface area contributed by atoms with Crippen LogP contribution in [0.5, 0.6) is 0 Å². The number of anilines is 1. The van der Waals surface area contributed by atoms with Crippen LogP contribution < -0.4 is 4.90 Å². The molecule has 2 aromatic carbocycles. The second kappa shape index (κ2) is 8.43. The Kier molecular flexibility index (Phi) is 5.69. The zero-order valence-corrected chi connectivity index (χ0v) is 17.8. The highest BCUT2D eigenvalue weighted by Crippen LogP contribution is 2.31. The smallest absolute Gasteiger partial charge is 0.252 e. The molecule has 7 nitrogen and oxygen atoms in total. The molecule has 0 aliphatic carbocycles. The van der Waals surface area contributed by atoms with Crippen LogP contribution in [0, 0.1) is 11.3 Å². The molecule has 1 aromatic heterocycles. The van der Waals surface area contributed by atoms with Gasteiger partial charge >= 0.3 is 0 Å². The fraction of sp³-hybridized carbons (Fsp3) is 0.136. The SMILES string of the molecule is N#Cc1ccc(N2C(=O)CC(N(Cc3cccs3)S(=O)(=O)c3ccccc3)C2=O)cc1. The molecule has 2 amide bonds. The number of nitriles is 1. The van der Waals surface area contributed by atoms with E-state index in [2.05, 4.69) is 0 Å². The number of rotatable bonds is 6. The molecule has 0 saturated carbocycles. The predicted octanol–water partition coefficient (Wildman–Crippen LogP) is 3.14. The van der Waals surface area contributed by atoms with Gasteiger partial charge in [-0.3, -0.25) is 9.59 Å². The average molecular weight is 452 g/mol. The molecule has 0 N–H and O–H groups in total. The number of carbonyl (C=O) groups is 2. The van der Waals surface area contributed by atoms with Gasteiger partial charge in [0.1, 0.15) is 6.04 Å². The summed E-state index contributed by atoms with van der Waals surface area (Å²) < 4.78 is 28.0. The summed E-state index contributed by atoms with van der Waals surface area (Å²) in [6, 6.07) is 18.3. The van der Waals surface area contributed by atoms with Gasteiger partial charge < -0.3 is 0 Å². The summed E-state index contributed by atoms with van der Waals surface area (Å²) in [4.78, 5) is 27.8. The summed E-state index contributed by atoms with van der Waals surface area (Å²) >= 11 is 1.38. The lowest BCUT2D eigenvalue weighted by Gasteiger charge is -2.26. The van der Waals surface area contributed by atoms with E-state index in [0.717, 1.165) is 14.1 Å². The van der Waals surface area contributed by atoms with Crippen LogP contribution in [0.25, 0.3) is 0 Å². The molecule has 156 valence electrons. The molecule has 1 saturated heterocycles. The van der Waals surface area contributed by atoms with E-state index in [4.69, 9.17) is 5.26 Å². The number of hydrogen-bond donors (Lipinski definition) is 0. The Morgan fingerprint density at radius 2 is 1.74 bits per heavy atom. The zero-order valence-electron chi connectivity index (χ0n) is 16.2. The van der Waals surface area contributed by atoms with Gasteiger partial charge in [0.2, 0.25) is 15.9 Å². The normalized spacial score (nSPS) is 16.6. The lowest BCUT2D eigenvalue weighted by molar-refractivity contribution is -0.122. The Balaban J connectivity index is 1.72. The van der Waals surface area contributed by atoms with E-state index < -0.39 is 27.9 Å². The van der Waals surface area contributed by atoms with Crippen LogP contribution in [0.2, 0.25) is 0 Å². The van der Waals surface area contributed by atoms with Gasteiger partial charge in [-0.2, -0.15) is 9.57 Å². The maximum absolute atomic E-state index is 13.4. The van der Waals surface area contributed by atoms with E-state index in [1.54, 1.807) is 30.3 Å². The quantitative estimate of drug-likeness (QED) is 0.536.